The second kappa shape index (κ2) is 10.5. The number of nitriles is 1. The Balaban J connectivity index is 0.00000288. The van der Waals surface area contributed by atoms with Crippen LogP contribution in [0.25, 0.3) is 0 Å². The molecule has 1 aliphatic rings. The minimum Gasteiger partial charge on any atom is -0.379 e. The summed E-state index contributed by atoms with van der Waals surface area (Å²) in [4.78, 5) is 6.15. The number of nitrogens with zero attached hydrogens (tertiary/aromatic N) is 3. The van der Waals surface area contributed by atoms with E-state index in [1.165, 1.54) is 18.9 Å². The fourth-order valence-electron chi connectivity index (χ4n) is 2.16. The number of nitrogens with one attached hydrogen (secondary N) is 1. The van der Waals surface area contributed by atoms with E-state index in [0.717, 1.165) is 19.1 Å². The van der Waals surface area contributed by atoms with Crippen LogP contribution in [0.15, 0.2) is 23.2 Å². The molecule has 5 nitrogen and oxygen atoms in total. The molecule has 0 unspecified atom stereocenters. The van der Waals surface area contributed by atoms with E-state index in [0.29, 0.717) is 30.2 Å². The van der Waals surface area contributed by atoms with Crippen molar-refractivity contribution < 1.29 is 9.13 Å². The molecule has 1 aromatic carbocycles. The van der Waals surface area contributed by atoms with Gasteiger partial charge in [-0.3, -0.25) is 4.99 Å². The molecule has 1 saturated carbocycles. The van der Waals surface area contributed by atoms with Crippen molar-refractivity contribution in [2.75, 3.05) is 33.9 Å². The first-order valence-corrected chi connectivity index (χ1v) is 7.82. The first kappa shape index (κ1) is 20.6. The summed E-state index contributed by atoms with van der Waals surface area (Å²) in [7, 11) is 3.62. The van der Waals surface area contributed by atoms with Gasteiger partial charge in [0.15, 0.2) is 5.96 Å². The highest BCUT2D eigenvalue weighted by Gasteiger charge is 2.21. The maximum Gasteiger partial charge on any atom is 0.193 e. The third-order valence-corrected chi connectivity index (χ3v) is 3.81. The molecule has 132 valence electrons. The summed E-state index contributed by atoms with van der Waals surface area (Å²) in [5, 5.41) is 11.9. The molecule has 0 aromatic heterocycles. The molecule has 24 heavy (non-hydrogen) atoms. The van der Waals surface area contributed by atoms with Crippen LogP contribution in [-0.4, -0.2) is 44.7 Å². The van der Waals surface area contributed by atoms with Crippen molar-refractivity contribution in [3.63, 3.8) is 0 Å². The fraction of sp³-hybridized carbons (Fsp3) is 0.529. The SMILES string of the molecule is CN=C(NCc1ccc(C#N)cc1F)N(C)CCOCC1CC1.I. The van der Waals surface area contributed by atoms with Gasteiger partial charge in [0, 0.05) is 39.4 Å². The highest BCUT2D eigenvalue weighted by Crippen LogP contribution is 2.28. The zero-order valence-electron chi connectivity index (χ0n) is 14.1. The minimum atomic E-state index is -0.387. The van der Waals surface area contributed by atoms with E-state index in [1.54, 1.807) is 19.2 Å². The van der Waals surface area contributed by atoms with Gasteiger partial charge in [0.05, 0.1) is 18.2 Å². The molecule has 7 heteroatoms. The van der Waals surface area contributed by atoms with Crippen molar-refractivity contribution in [3.8, 4) is 6.07 Å². The molecule has 0 saturated heterocycles. The Kier molecular flexibility index (Phi) is 9.00. The van der Waals surface area contributed by atoms with Crippen LogP contribution in [0.2, 0.25) is 0 Å². The Hall–Kier alpha value is -1.40. The number of guanidine groups is 1. The number of likely N-dealkylation sites (N-methyl/N-ethyl adjacent to an activating group) is 1. The number of aliphatic imine (C=N–C) groups is 1. The monoisotopic (exact) mass is 446 g/mol. The summed E-state index contributed by atoms with van der Waals surface area (Å²) in [5.74, 6) is 1.06. The van der Waals surface area contributed by atoms with Crippen molar-refractivity contribution in [3.05, 3.63) is 35.1 Å². The second-order valence-electron chi connectivity index (χ2n) is 5.76. The van der Waals surface area contributed by atoms with Gasteiger partial charge in [-0.15, -0.1) is 24.0 Å². The van der Waals surface area contributed by atoms with Crippen LogP contribution in [0.4, 0.5) is 4.39 Å². The molecule has 0 spiro atoms. The number of benzene rings is 1. The van der Waals surface area contributed by atoms with Gasteiger partial charge in [-0.05, 0) is 30.9 Å². The normalized spacial score (nSPS) is 13.8. The minimum absolute atomic E-state index is 0. The number of hydrogen-bond acceptors (Lipinski definition) is 3. The molecule has 1 aromatic rings. The first-order valence-electron chi connectivity index (χ1n) is 7.82. The van der Waals surface area contributed by atoms with Crippen molar-refractivity contribution >= 4 is 29.9 Å². The lowest BCUT2D eigenvalue weighted by Crippen LogP contribution is -2.40. The Labute approximate surface area is 159 Å². The summed E-state index contributed by atoms with van der Waals surface area (Å²) in [6.07, 6.45) is 2.57. The van der Waals surface area contributed by atoms with Crippen LogP contribution in [0.1, 0.15) is 24.0 Å². The molecule has 0 radical (unpaired) electrons. The van der Waals surface area contributed by atoms with E-state index < -0.39 is 0 Å². The Bertz CT molecular complexity index is 599. The van der Waals surface area contributed by atoms with Gasteiger partial charge in [-0.2, -0.15) is 5.26 Å². The molecule has 1 fully saturated rings. The van der Waals surface area contributed by atoms with Crippen LogP contribution >= 0.6 is 24.0 Å². The number of halogens is 2. The van der Waals surface area contributed by atoms with Crippen LogP contribution < -0.4 is 5.32 Å². The fourth-order valence-corrected chi connectivity index (χ4v) is 2.16. The summed E-state index contributed by atoms with van der Waals surface area (Å²) in [6, 6.07) is 6.40. The molecule has 0 heterocycles. The number of ether oxygens (including phenoxy) is 1. The summed E-state index contributed by atoms with van der Waals surface area (Å²) < 4.78 is 19.5. The molecule has 0 aliphatic heterocycles. The number of hydrogen-bond donors (Lipinski definition) is 1. The second-order valence-corrected chi connectivity index (χ2v) is 5.76. The maximum absolute atomic E-state index is 13.9. The third kappa shape index (κ3) is 6.61. The van der Waals surface area contributed by atoms with Gasteiger partial charge in [-0.1, -0.05) is 6.07 Å². The standard InChI is InChI=1S/C17H23FN4O.HI/c1-20-17(22(2)7-8-23-12-13-3-4-13)21-11-15-6-5-14(10-19)9-16(15)18;/h5-6,9,13H,3-4,7-8,11-12H2,1-2H3,(H,20,21);1H. The summed E-state index contributed by atoms with van der Waals surface area (Å²) in [6.45, 7) is 2.54. The van der Waals surface area contributed by atoms with E-state index >= 15 is 0 Å². The van der Waals surface area contributed by atoms with Gasteiger partial charge in [0.1, 0.15) is 5.82 Å². The zero-order valence-corrected chi connectivity index (χ0v) is 16.4. The largest absolute Gasteiger partial charge is 0.379 e. The predicted molar refractivity (Wildman–Crippen MR) is 103 cm³/mol. The Morgan fingerprint density at radius 2 is 2.25 bits per heavy atom. The van der Waals surface area contributed by atoms with Crippen LogP contribution in [-0.2, 0) is 11.3 Å². The first-order chi connectivity index (χ1) is 11.1. The molecule has 0 amide bonds. The van der Waals surface area contributed by atoms with Crippen molar-refractivity contribution in [2.24, 2.45) is 10.9 Å². The van der Waals surface area contributed by atoms with Gasteiger partial charge >= 0.3 is 0 Å². The average Bonchev–Trinajstić information content (AvgIpc) is 3.37. The topological polar surface area (TPSA) is 60.7 Å². The van der Waals surface area contributed by atoms with Crippen LogP contribution in [0.3, 0.4) is 0 Å². The zero-order chi connectivity index (χ0) is 16.7. The molecular weight excluding hydrogens is 422 g/mol. The van der Waals surface area contributed by atoms with Crippen molar-refractivity contribution in [1.29, 1.82) is 5.26 Å². The van der Waals surface area contributed by atoms with E-state index in [2.05, 4.69) is 10.3 Å². The smallest absolute Gasteiger partial charge is 0.193 e. The van der Waals surface area contributed by atoms with E-state index in [9.17, 15) is 4.39 Å². The van der Waals surface area contributed by atoms with Gasteiger partial charge < -0.3 is 15.0 Å². The highest BCUT2D eigenvalue weighted by molar-refractivity contribution is 14.0. The lowest BCUT2D eigenvalue weighted by atomic mass is 10.1. The van der Waals surface area contributed by atoms with E-state index in [1.807, 2.05) is 18.0 Å². The van der Waals surface area contributed by atoms with Gasteiger partial charge in [0.2, 0.25) is 0 Å². The molecule has 2 rings (SSSR count). The van der Waals surface area contributed by atoms with Crippen LogP contribution in [0, 0.1) is 23.1 Å². The third-order valence-electron chi connectivity index (χ3n) is 3.81. The van der Waals surface area contributed by atoms with E-state index in [4.69, 9.17) is 10.00 Å². The average molecular weight is 446 g/mol. The van der Waals surface area contributed by atoms with Crippen LogP contribution in [0.5, 0.6) is 0 Å². The van der Waals surface area contributed by atoms with Gasteiger partial charge in [0.25, 0.3) is 0 Å². The molecule has 0 atom stereocenters. The molecule has 1 aliphatic carbocycles. The quantitative estimate of drug-likeness (QED) is 0.303. The molecule has 1 N–H and O–H groups in total. The Morgan fingerprint density at radius 1 is 1.50 bits per heavy atom. The summed E-state index contributed by atoms with van der Waals surface area (Å²) in [5.41, 5.74) is 0.823. The van der Waals surface area contributed by atoms with Crippen molar-refractivity contribution in [1.82, 2.24) is 10.2 Å². The lowest BCUT2D eigenvalue weighted by molar-refractivity contribution is 0.115. The van der Waals surface area contributed by atoms with E-state index in [-0.39, 0.29) is 29.8 Å². The van der Waals surface area contributed by atoms with Crippen molar-refractivity contribution in [2.45, 2.75) is 19.4 Å². The number of rotatable bonds is 7. The maximum atomic E-state index is 13.9. The lowest BCUT2D eigenvalue weighted by Gasteiger charge is -2.22. The van der Waals surface area contributed by atoms with Gasteiger partial charge in [-0.25, -0.2) is 4.39 Å². The molecular formula is C17H24FIN4O. The summed E-state index contributed by atoms with van der Waals surface area (Å²) >= 11 is 0. The predicted octanol–water partition coefficient (Wildman–Crippen LogP) is 2.75. The highest BCUT2D eigenvalue weighted by atomic mass is 127. The molecule has 0 bridgehead atoms. The Morgan fingerprint density at radius 3 is 2.83 bits per heavy atom.